The second-order valence-electron chi connectivity index (χ2n) is 3.87. The molecule has 0 bridgehead atoms. The van der Waals surface area contributed by atoms with Gasteiger partial charge in [-0.2, -0.15) is 0 Å². The van der Waals surface area contributed by atoms with E-state index < -0.39 is 0 Å². The minimum absolute atomic E-state index is 0.928. The quantitative estimate of drug-likeness (QED) is 0.567. The first-order valence-electron chi connectivity index (χ1n) is 4.94. The van der Waals surface area contributed by atoms with Gasteiger partial charge in [-0.3, -0.25) is 4.99 Å². The lowest BCUT2D eigenvalue weighted by Crippen LogP contribution is -2.06. The van der Waals surface area contributed by atoms with Crippen LogP contribution in [0.1, 0.15) is 45.4 Å². The molecule has 0 radical (unpaired) electrons. The third kappa shape index (κ3) is 3.21. The summed E-state index contributed by atoms with van der Waals surface area (Å²) in [6, 6.07) is 0. The van der Waals surface area contributed by atoms with E-state index in [9.17, 15) is 0 Å². The highest BCUT2D eigenvalue weighted by molar-refractivity contribution is 5.26. The molecule has 1 rings (SSSR count). The summed E-state index contributed by atoms with van der Waals surface area (Å²) in [4.78, 5) is 3.79. The molecule has 0 N–H and O–H groups in total. The molecule has 68 valence electrons. The van der Waals surface area contributed by atoms with Gasteiger partial charge in [-0.1, -0.05) is 37.7 Å². The molecule has 0 unspecified atom stereocenters. The molecule has 0 aromatic heterocycles. The van der Waals surface area contributed by atoms with Crippen LogP contribution in [0.2, 0.25) is 0 Å². The molecule has 0 saturated heterocycles. The molecule has 0 amide bonds. The van der Waals surface area contributed by atoms with Crippen LogP contribution in [0.3, 0.4) is 0 Å². The number of hydrogen-bond donors (Lipinski definition) is 0. The van der Waals surface area contributed by atoms with Crippen LogP contribution in [0.5, 0.6) is 0 Å². The molecule has 1 nitrogen and oxygen atoms in total. The van der Waals surface area contributed by atoms with E-state index in [4.69, 9.17) is 0 Å². The highest BCUT2D eigenvalue weighted by atomic mass is 14.6. The van der Waals surface area contributed by atoms with Crippen molar-refractivity contribution in [2.75, 3.05) is 0 Å². The van der Waals surface area contributed by atoms with E-state index in [0.717, 1.165) is 5.92 Å². The van der Waals surface area contributed by atoms with Crippen molar-refractivity contribution >= 4 is 6.72 Å². The SMILES string of the molecule is C=N/C=C(\C)CC1CCCCC1. The van der Waals surface area contributed by atoms with Crippen LogP contribution in [0.4, 0.5) is 0 Å². The molecule has 0 aromatic rings. The van der Waals surface area contributed by atoms with Crippen molar-refractivity contribution in [2.24, 2.45) is 10.9 Å². The monoisotopic (exact) mass is 165 g/mol. The van der Waals surface area contributed by atoms with Gasteiger partial charge in [0.15, 0.2) is 0 Å². The molecule has 12 heavy (non-hydrogen) atoms. The molecule has 0 aliphatic heterocycles. The molecular weight excluding hydrogens is 146 g/mol. The van der Waals surface area contributed by atoms with Gasteiger partial charge >= 0.3 is 0 Å². The van der Waals surface area contributed by atoms with Crippen LogP contribution in [-0.2, 0) is 0 Å². The fourth-order valence-electron chi connectivity index (χ4n) is 2.06. The Bertz CT molecular complexity index is 164. The summed E-state index contributed by atoms with van der Waals surface area (Å²) in [7, 11) is 0. The zero-order valence-corrected chi connectivity index (χ0v) is 8.05. The minimum atomic E-state index is 0.928. The molecular formula is C11H19N. The van der Waals surface area contributed by atoms with Crippen molar-refractivity contribution in [1.82, 2.24) is 0 Å². The number of hydrogen-bond acceptors (Lipinski definition) is 1. The summed E-state index contributed by atoms with van der Waals surface area (Å²) in [5.41, 5.74) is 1.39. The fourth-order valence-corrected chi connectivity index (χ4v) is 2.06. The predicted octanol–water partition coefficient (Wildman–Crippen LogP) is 3.56. The van der Waals surface area contributed by atoms with Crippen LogP contribution < -0.4 is 0 Å². The number of aliphatic imine (C=N–C) groups is 1. The predicted molar refractivity (Wildman–Crippen MR) is 54.5 cm³/mol. The van der Waals surface area contributed by atoms with E-state index in [1.54, 1.807) is 0 Å². The van der Waals surface area contributed by atoms with Crippen LogP contribution in [0.15, 0.2) is 16.8 Å². The van der Waals surface area contributed by atoms with Crippen molar-refractivity contribution in [2.45, 2.75) is 45.4 Å². The lowest BCUT2D eigenvalue weighted by Gasteiger charge is -2.21. The van der Waals surface area contributed by atoms with Crippen LogP contribution in [-0.4, -0.2) is 6.72 Å². The second kappa shape index (κ2) is 5.13. The van der Waals surface area contributed by atoms with Gasteiger partial charge in [0.2, 0.25) is 0 Å². The van der Waals surface area contributed by atoms with Crippen molar-refractivity contribution in [3.63, 3.8) is 0 Å². The van der Waals surface area contributed by atoms with E-state index in [-0.39, 0.29) is 0 Å². The average Bonchev–Trinajstić information content (AvgIpc) is 2.06. The Morgan fingerprint density at radius 1 is 1.42 bits per heavy atom. The van der Waals surface area contributed by atoms with Crippen LogP contribution >= 0.6 is 0 Å². The first-order valence-corrected chi connectivity index (χ1v) is 4.94. The number of rotatable bonds is 3. The molecule has 0 spiro atoms. The van der Waals surface area contributed by atoms with E-state index in [0.29, 0.717) is 0 Å². The molecule has 0 aromatic carbocycles. The Morgan fingerprint density at radius 2 is 2.08 bits per heavy atom. The van der Waals surface area contributed by atoms with Crippen LogP contribution in [0.25, 0.3) is 0 Å². The van der Waals surface area contributed by atoms with Gasteiger partial charge in [0.1, 0.15) is 0 Å². The maximum atomic E-state index is 3.79. The molecule has 1 aliphatic carbocycles. The maximum Gasteiger partial charge on any atom is 0.0249 e. The zero-order valence-electron chi connectivity index (χ0n) is 8.05. The Kier molecular flexibility index (Phi) is 4.06. The maximum absolute atomic E-state index is 3.79. The minimum Gasteiger partial charge on any atom is -0.273 e. The van der Waals surface area contributed by atoms with Crippen LogP contribution in [0, 0.1) is 5.92 Å². The Hall–Kier alpha value is -0.590. The van der Waals surface area contributed by atoms with E-state index in [2.05, 4.69) is 18.6 Å². The first kappa shape index (κ1) is 9.50. The van der Waals surface area contributed by atoms with Gasteiger partial charge in [-0.25, -0.2) is 0 Å². The third-order valence-corrected chi connectivity index (χ3v) is 2.65. The topological polar surface area (TPSA) is 12.4 Å². The highest BCUT2D eigenvalue weighted by Crippen LogP contribution is 2.28. The van der Waals surface area contributed by atoms with Crippen molar-refractivity contribution in [3.8, 4) is 0 Å². The highest BCUT2D eigenvalue weighted by Gasteiger charge is 2.13. The van der Waals surface area contributed by atoms with Gasteiger partial charge < -0.3 is 0 Å². The molecule has 1 fully saturated rings. The summed E-state index contributed by atoms with van der Waals surface area (Å²) < 4.78 is 0. The van der Waals surface area contributed by atoms with Gasteiger partial charge in [-0.05, 0) is 26.0 Å². The van der Waals surface area contributed by atoms with Crippen molar-refractivity contribution in [3.05, 3.63) is 11.8 Å². The molecule has 1 aliphatic rings. The van der Waals surface area contributed by atoms with E-state index >= 15 is 0 Å². The largest absolute Gasteiger partial charge is 0.273 e. The van der Waals surface area contributed by atoms with Gasteiger partial charge in [0.25, 0.3) is 0 Å². The smallest absolute Gasteiger partial charge is 0.0249 e. The first-order chi connectivity index (χ1) is 5.83. The lowest BCUT2D eigenvalue weighted by atomic mass is 9.85. The molecule has 1 heteroatoms. The Labute approximate surface area is 75.6 Å². The standard InChI is InChI=1S/C11H19N/c1-10(9-12-2)8-11-6-4-3-5-7-11/h9,11H,2-8H2,1H3/b10-9+. The third-order valence-electron chi connectivity index (χ3n) is 2.65. The Balaban J connectivity index is 2.28. The number of nitrogens with zero attached hydrogens (tertiary/aromatic N) is 1. The summed E-state index contributed by atoms with van der Waals surface area (Å²) in [5.74, 6) is 0.928. The summed E-state index contributed by atoms with van der Waals surface area (Å²) in [6.07, 6.45) is 10.3. The summed E-state index contributed by atoms with van der Waals surface area (Å²) in [5, 5.41) is 0. The molecule has 1 saturated carbocycles. The second-order valence-corrected chi connectivity index (χ2v) is 3.87. The van der Waals surface area contributed by atoms with Gasteiger partial charge in [-0.15, -0.1) is 0 Å². The van der Waals surface area contributed by atoms with Gasteiger partial charge in [0.05, 0.1) is 0 Å². The van der Waals surface area contributed by atoms with Crippen molar-refractivity contribution in [1.29, 1.82) is 0 Å². The fraction of sp³-hybridized carbons (Fsp3) is 0.727. The molecule has 0 heterocycles. The zero-order chi connectivity index (χ0) is 8.81. The molecule has 0 atom stereocenters. The summed E-state index contributed by atoms with van der Waals surface area (Å²) in [6.45, 7) is 5.62. The average molecular weight is 165 g/mol. The lowest BCUT2D eigenvalue weighted by molar-refractivity contribution is 0.356. The van der Waals surface area contributed by atoms with E-state index in [1.165, 1.54) is 44.1 Å². The number of allylic oxidation sites excluding steroid dienone is 1. The summed E-state index contributed by atoms with van der Waals surface area (Å²) >= 11 is 0. The van der Waals surface area contributed by atoms with Gasteiger partial charge in [0, 0.05) is 6.20 Å². The van der Waals surface area contributed by atoms with E-state index in [1.807, 2.05) is 6.20 Å². The van der Waals surface area contributed by atoms with Crippen molar-refractivity contribution < 1.29 is 0 Å². The normalized spacial score (nSPS) is 20.9. The Morgan fingerprint density at radius 3 is 2.67 bits per heavy atom.